The van der Waals surface area contributed by atoms with Crippen LogP contribution < -0.4 is 5.32 Å². The number of hydrogen-bond donors (Lipinski definition) is 2. The maximum Gasteiger partial charge on any atom is 0.251 e. The molecule has 0 aliphatic carbocycles. The molecule has 126 valence electrons. The van der Waals surface area contributed by atoms with Crippen LogP contribution in [0.2, 0.25) is 0 Å². The van der Waals surface area contributed by atoms with Crippen molar-refractivity contribution >= 4 is 39.6 Å². The van der Waals surface area contributed by atoms with Gasteiger partial charge in [-0.1, -0.05) is 18.2 Å². The molecule has 0 unspecified atom stereocenters. The van der Waals surface area contributed by atoms with E-state index in [9.17, 15) is 9.90 Å². The topological polar surface area (TPSA) is 88.2 Å². The molecule has 4 rings (SSSR count). The van der Waals surface area contributed by atoms with E-state index in [0.29, 0.717) is 22.4 Å². The molecule has 1 atom stereocenters. The van der Waals surface area contributed by atoms with Crippen molar-refractivity contribution in [2.24, 2.45) is 0 Å². The van der Waals surface area contributed by atoms with Gasteiger partial charge in [0.15, 0.2) is 0 Å². The van der Waals surface area contributed by atoms with Gasteiger partial charge in [-0.3, -0.25) is 4.79 Å². The monoisotopic (exact) mass is 353 g/mol. The molecule has 25 heavy (non-hydrogen) atoms. The summed E-state index contributed by atoms with van der Waals surface area (Å²) in [4.78, 5) is 12.4. The number of fused-ring (bicyclic) bond motifs is 2. The summed E-state index contributed by atoms with van der Waals surface area (Å²) in [5, 5.41) is 14.3. The third kappa shape index (κ3) is 2.99. The molecule has 0 saturated carbocycles. The fraction of sp³-hybridized carbons (Fsp3) is 0.167. The first kappa shape index (κ1) is 15.7. The van der Waals surface area contributed by atoms with Gasteiger partial charge in [0.1, 0.15) is 28.0 Å². The Kier molecular flexibility index (Phi) is 3.74. The van der Waals surface area contributed by atoms with Crippen molar-refractivity contribution in [3.05, 3.63) is 59.9 Å². The van der Waals surface area contributed by atoms with Crippen LogP contribution in [0.5, 0.6) is 0 Å². The number of benzene rings is 2. The number of furan rings is 1. The zero-order valence-electron chi connectivity index (χ0n) is 13.4. The SMILES string of the molecule is C[C@](O)(CNC(=O)c1ccc2nsnc2c1)c1cc2ccccc2o1. The molecule has 0 fully saturated rings. The second kappa shape index (κ2) is 5.94. The number of nitrogens with one attached hydrogen (secondary N) is 1. The van der Waals surface area contributed by atoms with Gasteiger partial charge in [0, 0.05) is 10.9 Å². The molecule has 1 amide bonds. The minimum absolute atomic E-state index is 0.0268. The summed E-state index contributed by atoms with van der Waals surface area (Å²) in [6.45, 7) is 1.64. The Morgan fingerprint density at radius 2 is 2.00 bits per heavy atom. The lowest BCUT2D eigenvalue weighted by atomic mass is 10.0. The average Bonchev–Trinajstić information content (AvgIpc) is 3.25. The van der Waals surface area contributed by atoms with Crippen LogP contribution in [0.4, 0.5) is 0 Å². The largest absolute Gasteiger partial charge is 0.458 e. The quantitative estimate of drug-likeness (QED) is 0.589. The standard InChI is InChI=1S/C18H15N3O3S/c1-18(23,16-9-11-4-2-3-5-15(11)24-16)10-19-17(22)12-6-7-13-14(8-12)21-25-20-13/h2-9,23H,10H2,1H3,(H,19,22)/t18-/m0/s1. The van der Waals surface area contributed by atoms with E-state index in [4.69, 9.17) is 4.42 Å². The Morgan fingerprint density at radius 1 is 1.20 bits per heavy atom. The minimum Gasteiger partial charge on any atom is -0.458 e. The first-order valence-corrected chi connectivity index (χ1v) is 8.48. The Morgan fingerprint density at radius 3 is 2.84 bits per heavy atom. The molecule has 7 heteroatoms. The minimum atomic E-state index is -1.32. The Balaban J connectivity index is 1.51. The second-order valence-corrected chi connectivity index (χ2v) is 6.60. The number of carbonyl (C=O) groups excluding carboxylic acids is 1. The predicted molar refractivity (Wildman–Crippen MR) is 95.5 cm³/mol. The van der Waals surface area contributed by atoms with Gasteiger partial charge in [-0.2, -0.15) is 8.75 Å². The molecule has 0 aliphatic rings. The van der Waals surface area contributed by atoms with Crippen LogP contribution in [0.1, 0.15) is 23.0 Å². The molecule has 0 radical (unpaired) electrons. The van der Waals surface area contributed by atoms with Crippen molar-refractivity contribution in [3.8, 4) is 0 Å². The summed E-state index contributed by atoms with van der Waals surface area (Å²) in [5.74, 6) is 0.124. The van der Waals surface area contributed by atoms with Crippen LogP contribution in [0, 0.1) is 0 Å². The van der Waals surface area contributed by atoms with Crippen molar-refractivity contribution in [1.29, 1.82) is 0 Å². The summed E-state index contributed by atoms with van der Waals surface area (Å²) < 4.78 is 13.9. The molecule has 6 nitrogen and oxygen atoms in total. The summed E-state index contributed by atoms with van der Waals surface area (Å²) in [6.07, 6.45) is 0. The molecule has 0 saturated heterocycles. The van der Waals surface area contributed by atoms with Gasteiger partial charge in [-0.15, -0.1) is 0 Å². The van der Waals surface area contributed by atoms with Crippen LogP contribution in [-0.2, 0) is 5.60 Å². The van der Waals surface area contributed by atoms with Crippen molar-refractivity contribution in [3.63, 3.8) is 0 Å². The second-order valence-electron chi connectivity index (χ2n) is 6.07. The van der Waals surface area contributed by atoms with Crippen molar-refractivity contribution in [1.82, 2.24) is 14.1 Å². The van der Waals surface area contributed by atoms with Crippen LogP contribution in [0.3, 0.4) is 0 Å². The molecule has 2 aromatic carbocycles. The maximum atomic E-state index is 12.4. The average molecular weight is 353 g/mol. The van der Waals surface area contributed by atoms with E-state index in [1.165, 1.54) is 0 Å². The highest BCUT2D eigenvalue weighted by Crippen LogP contribution is 2.27. The third-order valence-electron chi connectivity index (χ3n) is 4.07. The van der Waals surface area contributed by atoms with Crippen LogP contribution in [0.25, 0.3) is 22.0 Å². The number of nitrogens with zero attached hydrogens (tertiary/aromatic N) is 2. The van der Waals surface area contributed by atoms with Crippen LogP contribution in [0.15, 0.2) is 52.9 Å². The van der Waals surface area contributed by atoms with E-state index in [1.54, 1.807) is 31.2 Å². The van der Waals surface area contributed by atoms with Gasteiger partial charge in [0.05, 0.1) is 18.3 Å². The highest BCUT2D eigenvalue weighted by atomic mass is 32.1. The van der Waals surface area contributed by atoms with E-state index >= 15 is 0 Å². The van der Waals surface area contributed by atoms with Crippen LogP contribution in [-0.4, -0.2) is 26.3 Å². The van der Waals surface area contributed by atoms with E-state index in [1.807, 2.05) is 24.3 Å². The van der Waals surface area contributed by atoms with Crippen molar-refractivity contribution < 1.29 is 14.3 Å². The van der Waals surface area contributed by atoms with Crippen LogP contribution >= 0.6 is 11.7 Å². The Labute approximate surface area is 147 Å². The number of hydrogen-bond acceptors (Lipinski definition) is 6. The molecule has 2 N–H and O–H groups in total. The lowest BCUT2D eigenvalue weighted by Crippen LogP contribution is -2.38. The van der Waals surface area contributed by atoms with Gasteiger partial charge in [-0.05, 0) is 37.3 Å². The lowest BCUT2D eigenvalue weighted by Gasteiger charge is -2.21. The molecular formula is C18H15N3O3S. The normalized spacial score (nSPS) is 13.8. The molecule has 0 bridgehead atoms. The molecule has 0 aliphatic heterocycles. The number of aromatic nitrogens is 2. The zero-order valence-corrected chi connectivity index (χ0v) is 14.2. The van der Waals surface area contributed by atoms with Gasteiger partial charge >= 0.3 is 0 Å². The zero-order chi connectivity index (χ0) is 17.4. The first-order valence-electron chi connectivity index (χ1n) is 7.75. The molecule has 2 heterocycles. The molecular weight excluding hydrogens is 338 g/mol. The fourth-order valence-corrected chi connectivity index (χ4v) is 3.13. The fourth-order valence-electron chi connectivity index (χ4n) is 2.61. The lowest BCUT2D eigenvalue weighted by molar-refractivity contribution is 0.0344. The summed E-state index contributed by atoms with van der Waals surface area (Å²) in [6, 6.07) is 14.4. The predicted octanol–water partition coefficient (Wildman–Crippen LogP) is 3.08. The molecule has 4 aromatic rings. The smallest absolute Gasteiger partial charge is 0.251 e. The number of amides is 1. The number of rotatable bonds is 4. The molecule has 0 spiro atoms. The highest BCUT2D eigenvalue weighted by molar-refractivity contribution is 7.00. The number of para-hydroxylation sites is 1. The van der Waals surface area contributed by atoms with Crippen molar-refractivity contribution in [2.75, 3.05) is 6.54 Å². The first-order chi connectivity index (χ1) is 12.0. The highest BCUT2D eigenvalue weighted by Gasteiger charge is 2.28. The van der Waals surface area contributed by atoms with Gasteiger partial charge in [-0.25, -0.2) is 0 Å². The van der Waals surface area contributed by atoms with E-state index in [-0.39, 0.29) is 12.5 Å². The number of carbonyl (C=O) groups is 1. The number of aliphatic hydroxyl groups is 1. The maximum absolute atomic E-state index is 12.4. The van der Waals surface area contributed by atoms with E-state index in [2.05, 4.69) is 14.1 Å². The van der Waals surface area contributed by atoms with Gasteiger partial charge < -0.3 is 14.8 Å². The van der Waals surface area contributed by atoms with E-state index in [0.717, 1.165) is 22.6 Å². The Hall–Kier alpha value is -2.77. The van der Waals surface area contributed by atoms with Gasteiger partial charge in [0.25, 0.3) is 5.91 Å². The van der Waals surface area contributed by atoms with Crippen molar-refractivity contribution in [2.45, 2.75) is 12.5 Å². The van der Waals surface area contributed by atoms with E-state index < -0.39 is 5.60 Å². The molecule has 2 aromatic heterocycles. The summed E-state index contributed by atoms with van der Waals surface area (Å²) >= 11 is 1.11. The summed E-state index contributed by atoms with van der Waals surface area (Å²) in [5.41, 5.74) is 1.30. The Bertz CT molecular complexity index is 1030. The van der Waals surface area contributed by atoms with Gasteiger partial charge in [0.2, 0.25) is 0 Å². The third-order valence-corrected chi connectivity index (χ3v) is 4.62. The summed E-state index contributed by atoms with van der Waals surface area (Å²) in [7, 11) is 0.